The fourth-order valence-electron chi connectivity index (χ4n) is 3.64. The standard InChI is InChI=1S/C15H22N2O/c1-10(16)15-13(4-3-5-14(15)18-2)17-9-11-6-7-12(17)8-11/h3-5,10-12H,6-9,16H2,1-2H3/t10-,11?,12?/m1/s1. The molecule has 1 heterocycles. The van der Waals surface area contributed by atoms with Crippen LogP contribution in [0.4, 0.5) is 5.69 Å². The summed E-state index contributed by atoms with van der Waals surface area (Å²) in [6.45, 7) is 3.23. The summed E-state index contributed by atoms with van der Waals surface area (Å²) in [5.74, 6) is 1.81. The lowest BCUT2D eigenvalue weighted by molar-refractivity contribution is 0.406. The van der Waals surface area contributed by atoms with Gasteiger partial charge in [-0.1, -0.05) is 6.07 Å². The molecule has 2 fully saturated rings. The maximum atomic E-state index is 6.15. The number of rotatable bonds is 3. The summed E-state index contributed by atoms with van der Waals surface area (Å²) in [7, 11) is 1.72. The summed E-state index contributed by atoms with van der Waals surface area (Å²) in [5.41, 5.74) is 8.60. The third kappa shape index (κ3) is 1.77. The molecular weight excluding hydrogens is 224 g/mol. The van der Waals surface area contributed by atoms with Crippen LogP contribution in [0.25, 0.3) is 0 Å². The minimum atomic E-state index is 0.00952. The van der Waals surface area contributed by atoms with Gasteiger partial charge in [0.25, 0.3) is 0 Å². The van der Waals surface area contributed by atoms with Crippen molar-refractivity contribution < 1.29 is 4.74 Å². The Morgan fingerprint density at radius 1 is 1.39 bits per heavy atom. The van der Waals surface area contributed by atoms with Crippen molar-refractivity contribution in [3.63, 3.8) is 0 Å². The molecule has 3 rings (SSSR count). The summed E-state index contributed by atoms with van der Waals surface area (Å²) in [5, 5.41) is 0. The molecule has 0 radical (unpaired) electrons. The predicted molar refractivity (Wildman–Crippen MR) is 74.1 cm³/mol. The highest BCUT2D eigenvalue weighted by molar-refractivity contribution is 5.62. The first-order valence-electron chi connectivity index (χ1n) is 6.90. The topological polar surface area (TPSA) is 38.5 Å². The lowest BCUT2D eigenvalue weighted by Crippen LogP contribution is -2.33. The van der Waals surface area contributed by atoms with Crippen molar-refractivity contribution in [3.8, 4) is 5.75 Å². The van der Waals surface area contributed by atoms with Gasteiger partial charge >= 0.3 is 0 Å². The van der Waals surface area contributed by atoms with Crippen LogP contribution in [0, 0.1) is 5.92 Å². The lowest BCUT2D eigenvalue weighted by Gasteiger charge is -2.32. The van der Waals surface area contributed by atoms with Crippen LogP contribution in [-0.4, -0.2) is 19.7 Å². The zero-order valence-corrected chi connectivity index (χ0v) is 11.2. The van der Waals surface area contributed by atoms with Gasteiger partial charge in [0.1, 0.15) is 5.75 Å². The van der Waals surface area contributed by atoms with Crippen LogP contribution < -0.4 is 15.4 Å². The Bertz CT molecular complexity index is 444. The van der Waals surface area contributed by atoms with Crippen LogP contribution in [0.2, 0.25) is 0 Å². The van der Waals surface area contributed by atoms with Crippen LogP contribution in [0.15, 0.2) is 18.2 Å². The molecule has 2 aliphatic rings. The molecule has 0 aromatic heterocycles. The molecule has 3 atom stereocenters. The minimum Gasteiger partial charge on any atom is -0.496 e. The molecule has 1 saturated carbocycles. The Morgan fingerprint density at radius 3 is 2.78 bits per heavy atom. The van der Waals surface area contributed by atoms with Gasteiger partial charge in [0, 0.05) is 29.9 Å². The van der Waals surface area contributed by atoms with Crippen molar-refractivity contribution in [1.82, 2.24) is 0 Å². The van der Waals surface area contributed by atoms with Crippen molar-refractivity contribution in [3.05, 3.63) is 23.8 Å². The Hall–Kier alpha value is -1.22. The maximum absolute atomic E-state index is 6.15. The Morgan fingerprint density at radius 2 is 2.22 bits per heavy atom. The van der Waals surface area contributed by atoms with E-state index in [1.807, 2.05) is 13.0 Å². The third-order valence-electron chi connectivity index (χ3n) is 4.44. The Kier molecular flexibility index (Phi) is 2.94. The van der Waals surface area contributed by atoms with Crippen LogP contribution in [0.5, 0.6) is 5.75 Å². The summed E-state index contributed by atoms with van der Waals surface area (Å²) in [6.07, 6.45) is 4.09. The van der Waals surface area contributed by atoms with Crippen molar-refractivity contribution in [2.75, 3.05) is 18.6 Å². The third-order valence-corrected chi connectivity index (χ3v) is 4.44. The molecule has 2 unspecified atom stereocenters. The number of benzene rings is 1. The van der Waals surface area contributed by atoms with E-state index in [2.05, 4.69) is 17.0 Å². The molecule has 1 aromatic rings. The van der Waals surface area contributed by atoms with Crippen molar-refractivity contribution in [2.45, 2.75) is 38.3 Å². The molecule has 1 saturated heterocycles. The molecule has 98 valence electrons. The monoisotopic (exact) mass is 246 g/mol. The fraction of sp³-hybridized carbons (Fsp3) is 0.600. The van der Waals surface area contributed by atoms with Crippen molar-refractivity contribution in [2.24, 2.45) is 11.7 Å². The zero-order chi connectivity index (χ0) is 12.7. The van der Waals surface area contributed by atoms with Gasteiger partial charge in [-0.05, 0) is 44.2 Å². The number of methoxy groups -OCH3 is 1. The molecule has 1 aliphatic heterocycles. The van der Waals surface area contributed by atoms with E-state index in [9.17, 15) is 0 Å². The molecule has 3 nitrogen and oxygen atoms in total. The van der Waals surface area contributed by atoms with E-state index in [1.165, 1.54) is 31.5 Å². The van der Waals surface area contributed by atoms with E-state index in [0.29, 0.717) is 0 Å². The maximum Gasteiger partial charge on any atom is 0.125 e. The average molecular weight is 246 g/mol. The van der Waals surface area contributed by atoms with Gasteiger partial charge in [-0.2, -0.15) is 0 Å². The number of nitrogens with two attached hydrogens (primary N) is 1. The van der Waals surface area contributed by atoms with E-state index in [4.69, 9.17) is 10.5 Å². The van der Waals surface area contributed by atoms with Crippen molar-refractivity contribution in [1.29, 1.82) is 0 Å². The number of hydrogen-bond donors (Lipinski definition) is 1. The Balaban J connectivity index is 2.01. The van der Waals surface area contributed by atoms with Gasteiger partial charge in [0.05, 0.1) is 7.11 Å². The molecule has 18 heavy (non-hydrogen) atoms. The van der Waals surface area contributed by atoms with Crippen LogP contribution >= 0.6 is 0 Å². The van der Waals surface area contributed by atoms with Gasteiger partial charge in [-0.15, -0.1) is 0 Å². The first kappa shape index (κ1) is 11.8. The first-order valence-corrected chi connectivity index (χ1v) is 6.90. The van der Waals surface area contributed by atoms with Gasteiger partial charge in [0.2, 0.25) is 0 Å². The molecule has 0 spiro atoms. The van der Waals surface area contributed by atoms with Crippen LogP contribution in [0.3, 0.4) is 0 Å². The molecule has 0 amide bonds. The number of hydrogen-bond acceptors (Lipinski definition) is 3. The largest absolute Gasteiger partial charge is 0.496 e. The SMILES string of the molecule is COc1cccc(N2CC3CCC2C3)c1[C@@H](C)N. The second-order valence-electron chi connectivity index (χ2n) is 5.67. The van der Waals surface area contributed by atoms with Gasteiger partial charge in [-0.3, -0.25) is 0 Å². The molecule has 1 aromatic carbocycles. The zero-order valence-electron chi connectivity index (χ0n) is 11.2. The summed E-state index contributed by atoms with van der Waals surface area (Å²) >= 11 is 0. The van der Waals surface area contributed by atoms with Gasteiger partial charge in [0.15, 0.2) is 0 Å². The molecular formula is C15H22N2O. The van der Waals surface area contributed by atoms with E-state index in [-0.39, 0.29) is 6.04 Å². The summed E-state index contributed by atoms with van der Waals surface area (Å²) in [4.78, 5) is 2.55. The second-order valence-corrected chi connectivity index (χ2v) is 5.67. The summed E-state index contributed by atoms with van der Waals surface area (Å²) < 4.78 is 5.48. The highest BCUT2D eigenvalue weighted by Crippen LogP contribution is 2.43. The molecule has 2 bridgehead atoms. The van der Waals surface area contributed by atoms with E-state index in [0.717, 1.165) is 23.3 Å². The number of nitrogens with zero attached hydrogens (tertiary/aromatic N) is 1. The van der Waals surface area contributed by atoms with E-state index in [1.54, 1.807) is 7.11 Å². The van der Waals surface area contributed by atoms with E-state index >= 15 is 0 Å². The average Bonchev–Trinajstić information content (AvgIpc) is 2.99. The minimum absolute atomic E-state index is 0.00952. The highest BCUT2D eigenvalue weighted by Gasteiger charge is 2.39. The fourth-order valence-corrected chi connectivity index (χ4v) is 3.64. The predicted octanol–water partition coefficient (Wildman–Crippen LogP) is 2.70. The normalized spacial score (nSPS) is 27.6. The number of anilines is 1. The molecule has 2 N–H and O–H groups in total. The van der Waals surface area contributed by atoms with Crippen LogP contribution in [0.1, 0.15) is 37.8 Å². The van der Waals surface area contributed by atoms with Crippen molar-refractivity contribution >= 4 is 5.69 Å². The first-order chi connectivity index (χ1) is 8.70. The smallest absolute Gasteiger partial charge is 0.125 e. The van der Waals surface area contributed by atoms with Gasteiger partial charge in [-0.25, -0.2) is 0 Å². The highest BCUT2D eigenvalue weighted by atomic mass is 16.5. The number of ether oxygens (including phenoxy) is 1. The second kappa shape index (κ2) is 4.47. The lowest BCUT2D eigenvalue weighted by atomic mass is 10.0. The Labute approximate surface area is 109 Å². The molecule has 1 aliphatic carbocycles. The van der Waals surface area contributed by atoms with Gasteiger partial charge < -0.3 is 15.4 Å². The summed E-state index contributed by atoms with van der Waals surface area (Å²) in [6, 6.07) is 7.01. The van der Waals surface area contributed by atoms with E-state index < -0.39 is 0 Å². The number of fused-ring (bicyclic) bond motifs is 2. The quantitative estimate of drug-likeness (QED) is 0.891. The number of piperidine rings is 1. The van der Waals surface area contributed by atoms with Crippen LogP contribution in [-0.2, 0) is 0 Å². The molecule has 3 heteroatoms.